The van der Waals surface area contributed by atoms with Crippen LogP contribution in [0.15, 0.2) is 39.7 Å². The van der Waals surface area contributed by atoms with E-state index in [0.29, 0.717) is 5.76 Å². The van der Waals surface area contributed by atoms with Crippen molar-refractivity contribution in [2.75, 3.05) is 0 Å². The van der Waals surface area contributed by atoms with Crippen molar-refractivity contribution in [1.82, 2.24) is 4.98 Å². The highest BCUT2D eigenvalue weighted by Gasteiger charge is 2.03. The highest BCUT2D eigenvalue weighted by molar-refractivity contribution is 9.10. The Balaban J connectivity index is 2.53. The minimum atomic E-state index is 0.195. The zero-order valence-corrected chi connectivity index (χ0v) is 8.15. The van der Waals surface area contributed by atoms with Gasteiger partial charge < -0.3 is 9.52 Å². The summed E-state index contributed by atoms with van der Waals surface area (Å²) in [6, 6.07) is 5.07. The predicted octanol–water partition coefficient (Wildman–Crippen LogP) is 2.81. The molecular formula is C9H6BrNO2. The summed E-state index contributed by atoms with van der Waals surface area (Å²) < 4.78 is 5.89. The van der Waals surface area contributed by atoms with Gasteiger partial charge in [0.15, 0.2) is 12.2 Å². The van der Waals surface area contributed by atoms with E-state index < -0.39 is 0 Å². The molecule has 1 N–H and O–H groups in total. The Kier molecular flexibility index (Phi) is 2.06. The first-order chi connectivity index (χ1) is 6.25. The Bertz CT molecular complexity index is 391. The number of benzene rings is 1. The van der Waals surface area contributed by atoms with Gasteiger partial charge in [-0.05, 0) is 18.2 Å². The molecule has 2 rings (SSSR count). The van der Waals surface area contributed by atoms with E-state index in [1.165, 1.54) is 6.39 Å². The highest BCUT2D eigenvalue weighted by Crippen LogP contribution is 2.27. The molecule has 4 heteroatoms. The van der Waals surface area contributed by atoms with Crippen molar-refractivity contribution in [3.63, 3.8) is 0 Å². The van der Waals surface area contributed by atoms with Crippen LogP contribution in [0.5, 0.6) is 5.75 Å². The average molecular weight is 240 g/mol. The summed E-state index contributed by atoms with van der Waals surface area (Å²) in [5.41, 5.74) is 0.796. The van der Waals surface area contributed by atoms with E-state index in [0.717, 1.165) is 10.0 Å². The number of hydrogen-bond donors (Lipinski definition) is 1. The summed E-state index contributed by atoms with van der Waals surface area (Å²) in [7, 11) is 0. The molecule has 0 saturated heterocycles. The lowest BCUT2D eigenvalue weighted by atomic mass is 10.2. The van der Waals surface area contributed by atoms with Gasteiger partial charge >= 0.3 is 0 Å². The molecule has 3 nitrogen and oxygen atoms in total. The maximum atomic E-state index is 9.30. The molecule has 0 aliphatic heterocycles. The van der Waals surface area contributed by atoms with Crippen LogP contribution in [0.1, 0.15) is 0 Å². The van der Waals surface area contributed by atoms with Crippen LogP contribution in [0, 0.1) is 0 Å². The first-order valence-corrected chi connectivity index (χ1v) is 4.43. The zero-order valence-electron chi connectivity index (χ0n) is 6.57. The van der Waals surface area contributed by atoms with Crippen molar-refractivity contribution in [1.29, 1.82) is 0 Å². The largest absolute Gasteiger partial charge is 0.508 e. The van der Waals surface area contributed by atoms with Gasteiger partial charge in [0.2, 0.25) is 0 Å². The molecule has 0 atom stereocenters. The van der Waals surface area contributed by atoms with E-state index in [2.05, 4.69) is 20.9 Å². The van der Waals surface area contributed by atoms with Crippen LogP contribution in [-0.4, -0.2) is 10.1 Å². The van der Waals surface area contributed by atoms with E-state index in [4.69, 9.17) is 4.42 Å². The summed E-state index contributed by atoms with van der Waals surface area (Å²) >= 11 is 3.28. The van der Waals surface area contributed by atoms with Crippen LogP contribution >= 0.6 is 15.9 Å². The minimum absolute atomic E-state index is 0.195. The highest BCUT2D eigenvalue weighted by atomic mass is 79.9. The molecule has 0 unspecified atom stereocenters. The normalized spacial score (nSPS) is 10.2. The van der Waals surface area contributed by atoms with Gasteiger partial charge in [0.05, 0.1) is 6.20 Å². The number of rotatable bonds is 1. The molecule has 0 bridgehead atoms. The number of halogens is 1. The van der Waals surface area contributed by atoms with Crippen LogP contribution in [0.4, 0.5) is 0 Å². The van der Waals surface area contributed by atoms with Crippen molar-refractivity contribution in [2.24, 2.45) is 0 Å². The molecule has 0 aliphatic carbocycles. The van der Waals surface area contributed by atoms with E-state index >= 15 is 0 Å². The fourth-order valence-electron chi connectivity index (χ4n) is 1.07. The van der Waals surface area contributed by atoms with Crippen LogP contribution in [-0.2, 0) is 0 Å². The van der Waals surface area contributed by atoms with Crippen molar-refractivity contribution in [2.45, 2.75) is 0 Å². The quantitative estimate of drug-likeness (QED) is 0.833. The number of aromatic hydroxyl groups is 1. The number of phenols is 1. The second-order valence-electron chi connectivity index (χ2n) is 2.56. The predicted molar refractivity (Wildman–Crippen MR) is 51.3 cm³/mol. The molecule has 0 radical (unpaired) electrons. The SMILES string of the molecule is Oc1cc(Br)cc(-c2cnco2)c1. The number of oxazole rings is 1. The van der Waals surface area contributed by atoms with Crippen molar-refractivity contribution in [3.8, 4) is 17.1 Å². The Morgan fingerprint density at radius 2 is 2.15 bits per heavy atom. The molecule has 2 aromatic rings. The Labute approximate surface area is 83.2 Å². The molecule has 0 fully saturated rings. The monoisotopic (exact) mass is 239 g/mol. The van der Waals surface area contributed by atoms with Gasteiger partial charge in [0.1, 0.15) is 5.75 Å². The molecular weight excluding hydrogens is 234 g/mol. The van der Waals surface area contributed by atoms with Crippen molar-refractivity contribution >= 4 is 15.9 Å². The van der Waals surface area contributed by atoms with Gasteiger partial charge in [0, 0.05) is 10.0 Å². The van der Waals surface area contributed by atoms with Gasteiger partial charge in [0.25, 0.3) is 0 Å². The first-order valence-electron chi connectivity index (χ1n) is 3.64. The molecule has 0 amide bonds. The lowest BCUT2D eigenvalue weighted by Crippen LogP contribution is -1.74. The van der Waals surface area contributed by atoms with Crippen LogP contribution < -0.4 is 0 Å². The number of aromatic nitrogens is 1. The topological polar surface area (TPSA) is 46.3 Å². The summed E-state index contributed by atoms with van der Waals surface area (Å²) in [6.45, 7) is 0. The lowest BCUT2D eigenvalue weighted by molar-refractivity contribution is 0.474. The van der Waals surface area contributed by atoms with Gasteiger partial charge in [-0.1, -0.05) is 15.9 Å². The third-order valence-electron chi connectivity index (χ3n) is 1.60. The van der Waals surface area contributed by atoms with Crippen LogP contribution in [0.3, 0.4) is 0 Å². The van der Waals surface area contributed by atoms with E-state index in [9.17, 15) is 5.11 Å². The second kappa shape index (κ2) is 3.22. The minimum Gasteiger partial charge on any atom is -0.508 e. The first kappa shape index (κ1) is 8.31. The van der Waals surface area contributed by atoms with E-state index in [-0.39, 0.29) is 5.75 Å². The fourth-order valence-corrected chi connectivity index (χ4v) is 1.56. The van der Waals surface area contributed by atoms with Crippen molar-refractivity contribution in [3.05, 3.63) is 35.3 Å². The summed E-state index contributed by atoms with van der Waals surface area (Å²) in [4.78, 5) is 3.79. The third kappa shape index (κ3) is 1.72. The molecule has 1 heterocycles. The van der Waals surface area contributed by atoms with Gasteiger partial charge in [-0.3, -0.25) is 0 Å². The van der Waals surface area contributed by atoms with E-state index in [1.807, 2.05) is 6.07 Å². The Hall–Kier alpha value is -1.29. The maximum absolute atomic E-state index is 9.30. The number of nitrogens with zero attached hydrogens (tertiary/aromatic N) is 1. The Morgan fingerprint density at radius 1 is 1.31 bits per heavy atom. The molecule has 0 spiro atoms. The standard InChI is InChI=1S/C9H6BrNO2/c10-7-1-6(2-8(12)3-7)9-4-11-5-13-9/h1-5,12H. The smallest absolute Gasteiger partial charge is 0.181 e. The van der Waals surface area contributed by atoms with Crippen LogP contribution in [0.25, 0.3) is 11.3 Å². The average Bonchev–Trinajstić information content (AvgIpc) is 2.53. The molecule has 1 aromatic carbocycles. The number of hydrogen-bond acceptors (Lipinski definition) is 3. The number of phenolic OH excluding ortho intramolecular Hbond substituents is 1. The third-order valence-corrected chi connectivity index (χ3v) is 2.06. The van der Waals surface area contributed by atoms with Gasteiger partial charge in [-0.2, -0.15) is 0 Å². The molecule has 0 aliphatic rings. The second-order valence-corrected chi connectivity index (χ2v) is 3.48. The van der Waals surface area contributed by atoms with Crippen molar-refractivity contribution < 1.29 is 9.52 Å². The molecule has 13 heavy (non-hydrogen) atoms. The lowest BCUT2D eigenvalue weighted by Gasteiger charge is -1.98. The fraction of sp³-hybridized carbons (Fsp3) is 0. The van der Waals surface area contributed by atoms with Crippen LogP contribution in [0.2, 0.25) is 0 Å². The molecule has 66 valence electrons. The molecule has 1 aromatic heterocycles. The summed E-state index contributed by atoms with van der Waals surface area (Å²) in [6.07, 6.45) is 2.95. The summed E-state index contributed by atoms with van der Waals surface area (Å²) in [5, 5.41) is 9.30. The van der Waals surface area contributed by atoms with Gasteiger partial charge in [-0.25, -0.2) is 4.98 Å². The van der Waals surface area contributed by atoms with Gasteiger partial charge in [-0.15, -0.1) is 0 Å². The maximum Gasteiger partial charge on any atom is 0.181 e. The Morgan fingerprint density at radius 3 is 2.77 bits per heavy atom. The summed E-state index contributed by atoms with van der Waals surface area (Å²) in [5.74, 6) is 0.831. The molecule has 0 saturated carbocycles. The van der Waals surface area contributed by atoms with E-state index in [1.54, 1.807) is 18.3 Å². The zero-order chi connectivity index (χ0) is 9.26.